The monoisotopic (exact) mass is 337 g/mol. The number of rotatable bonds is 2. The van der Waals surface area contributed by atoms with Crippen LogP contribution in [0.3, 0.4) is 0 Å². The SMILES string of the molecule is N#Cc1cccc(C(=O)N2C3CCC2CC(N2C(=O)CCC2=O)C3)c1. The first kappa shape index (κ1) is 15.8. The molecule has 3 fully saturated rings. The van der Waals surface area contributed by atoms with E-state index >= 15 is 0 Å². The van der Waals surface area contributed by atoms with Gasteiger partial charge in [0.25, 0.3) is 5.91 Å². The molecule has 3 heterocycles. The van der Waals surface area contributed by atoms with Crippen molar-refractivity contribution >= 4 is 17.7 Å². The number of hydrogen-bond acceptors (Lipinski definition) is 4. The fraction of sp³-hybridized carbons (Fsp3) is 0.474. The maximum atomic E-state index is 13.0. The van der Waals surface area contributed by atoms with Gasteiger partial charge in [0.05, 0.1) is 11.6 Å². The van der Waals surface area contributed by atoms with Gasteiger partial charge >= 0.3 is 0 Å². The van der Waals surface area contributed by atoms with Crippen LogP contribution in [0.2, 0.25) is 0 Å². The molecule has 3 aliphatic rings. The van der Waals surface area contributed by atoms with E-state index in [1.54, 1.807) is 24.3 Å². The number of nitriles is 1. The average molecular weight is 337 g/mol. The largest absolute Gasteiger partial charge is 0.333 e. The summed E-state index contributed by atoms with van der Waals surface area (Å²) in [6.45, 7) is 0. The van der Waals surface area contributed by atoms with Gasteiger partial charge in [-0.2, -0.15) is 5.26 Å². The van der Waals surface area contributed by atoms with Gasteiger partial charge in [-0.05, 0) is 43.9 Å². The van der Waals surface area contributed by atoms with E-state index in [2.05, 4.69) is 6.07 Å². The molecule has 0 aromatic heterocycles. The summed E-state index contributed by atoms with van der Waals surface area (Å²) in [5.41, 5.74) is 1.00. The number of likely N-dealkylation sites (tertiary alicyclic amines) is 1. The first-order valence-electron chi connectivity index (χ1n) is 8.76. The van der Waals surface area contributed by atoms with Gasteiger partial charge in [0.2, 0.25) is 11.8 Å². The van der Waals surface area contributed by atoms with Gasteiger partial charge in [-0.3, -0.25) is 19.3 Å². The van der Waals surface area contributed by atoms with Crippen molar-refractivity contribution < 1.29 is 14.4 Å². The van der Waals surface area contributed by atoms with Crippen molar-refractivity contribution in [3.05, 3.63) is 35.4 Å². The van der Waals surface area contributed by atoms with Crippen LogP contribution >= 0.6 is 0 Å². The minimum absolute atomic E-state index is 0.0536. The summed E-state index contributed by atoms with van der Waals surface area (Å²) in [4.78, 5) is 40.4. The Hall–Kier alpha value is -2.68. The second-order valence-corrected chi connectivity index (χ2v) is 7.07. The third-order valence-electron chi connectivity index (χ3n) is 5.64. The Morgan fingerprint density at radius 2 is 1.68 bits per heavy atom. The second-order valence-electron chi connectivity index (χ2n) is 7.07. The number of benzene rings is 1. The Balaban J connectivity index is 1.54. The molecule has 128 valence electrons. The molecule has 0 spiro atoms. The van der Waals surface area contributed by atoms with Crippen molar-refractivity contribution in [2.75, 3.05) is 0 Å². The Bertz CT molecular complexity index is 767. The number of carbonyl (C=O) groups excluding carboxylic acids is 3. The summed E-state index contributed by atoms with van der Waals surface area (Å²) in [7, 11) is 0. The van der Waals surface area contributed by atoms with Crippen LogP contribution in [0.25, 0.3) is 0 Å². The van der Waals surface area contributed by atoms with E-state index in [1.807, 2.05) is 4.90 Å². The smallest absolute Gasteiger partial charge is 0.254 e. The zero-order valence-electron chi connectivity index (χ0n) is 13.9. The van der Waals surface area contributed by atoms with Gasteiger partial charge in [-0.25, -0.2) is 0 Å². The summed E-state index contributed by atoms with van der Waals surface area (Å²) in [5.74, 6) is -0.200. The van der Waals surface area contributed by atoms with E-state index in [4.69, 9.17) is 5.26 Å². The number of imide groups is 1. The van der Waals surface area contributed by atoms with E-state index in [1.165, 1.54) is 4.90 Å². The van der Waals surface area contributed by atoms with Crippen LogP contribution in [0.15, 0.2) is 24.3 Å². The van der Waals surface area contributed by atoms with Crippen LogP contribution in [0.5, 0.6) is 0 Å². The van der Waals surface area contributed by atoms with E-state index in [9.17, 15) is 14.4 Å². The van der Waals surface area contributed by atoms with Gasteiger partial charge in [0.1, 0.15) is 0 Å². The molecule has 6 nitrogen and oxygen atoms in total. The van der Waals surface area contributed by atoms with Gasteiger partial charge in [0, 0.05) is 36.5 Å². The van der Waals surface area contributed by atoms with Gasteiger partial charge in [0.15, 0.2) is 0 Å². The van der Waals surface area contributed by atoms with Crippen LogP contribution in [-0.4, -0.2) is 45.6 Å². The Labute approximate surface area is 146 Å². The van der Waals surface area contributed by atoms with Crippen molar-refractivity contribution in [3.8, 4) is 6.07 Å². The maximum Gasteiger partial charge on any atom is 0.254 e. The first-order chi connectivity index (χ1) is 12.1. The average Bonchev–Trinajstić information content (AvgIpc) is 3.10. The minimum atomic E-state index is -0.0745. The predicted molar refractivity (Wildman–Crippen MR) is 88.2 cm³/mol. The molecule has 0 aliphatic carbocycles. The van der Waals surface area contributed by atoms with Crippen LogP contribution in [-0.2, 0) is 9.59 Å². The summed E-state index contributed by atoms with van der Waals surface area (Å²) in [6, 6.07) is 8.88. The topological polar surface area (TPSA) is 81.5 Å². The first-order valence-corrected chi connectivity index (χ1v) is 8.76. The molecule has 2 atom stereocenters. The molecule has 25 heavy (non-hydrogen) atoms. The highest BCUT2D eigenvalue weighted by atomic mass is 16.2. The van der Waals surface area contributed by atoms with Gasteiger partial charge < -0.3 is 4.90 Å². The molecule has 4 rings (SSSR count). The summed E-state index contributed by atoms with van der Waals surface area (Å²) in [5, 5.41) is 9.03. The zero-order valence-corrected chi connectivity index (χ0v) is 13.9. The summed E-state index contributed by atoms with van der Waals surface area (Å²) in [6.07, 6.45) is 3.76. The molecular weight excluding hydrogens is 318 g/mol. The zero-order chi connectivity index (χ0) is 17.6. The Kier molecular flexibility index (Phi) is 3.79. The standard InChI is InChI=1S/C19H19N3O3/c20-11-12-2-1-3-13(8-12)19(25)21-14-4-5-15(21)10-16(9-14)22-17(23)6-7-18(22)24/h1-3,8,14-16H,4-7,9-10H2. The van der Waals surface area contributed by atoms with Gasteiger partial charge in [-0.15, -0.1) is 0 Å². The highest BCUT2D eigenvalue weighted by Crippen LogP contribution is 2.39. The number of amides is 3. The van der Waals surface area contributed by atoms with Crippen LogP contribution < -0.4 is 0 Å². The number of piperidine rings is 1. The lowest BCUT2D eigenvalue weighted by molar-refractivity contribution is -0.142. The molecule has 1 aromatic carbocycles. The minimum Gasteiger partial charge on any atom is -0.333 e. The molecule has 2 bridgehead atoms. The van der Waals surface area contributed by atoms with Crippen molar-refractivity contribution in [2.45, 2.75) is 56.7 Å². The fourth-order valence-corrected chi connectivity index (χ4v) is 4.56. The van der Waals surface area contributed by atoms with Crippen LogP contribution in [0.4, 0.5) is 0 Å². The molecule has 0 N–H and O–H groups in total. The lowest BCUT2D eigenvalue weighted by Crippen LogP contribution is -2.53. The highest BCUT2D eigenvalue weighted by Gasteiger charge is 2.47. The molecule has 0 saturated carbocycles. The Morgan fingerprint density at radius 3 is 2.28 bits per heavy atom. The number of carbonyl (C=O) groups is 3. The van der Waals surface area contributed by atoms with Crippen molar-refractivity contribution in [1.29, 1.82) is 5.26 Å². The summed E-state index contributed by atoms with van der Waals surface area (Å²) < 4.78 is 0. The number of hydrogen-bond donors (Lipinski definition) is 0. The predicted octanol–water partition coefficient (Wildman–Crippen LogP) is 1.84. The van der Waals surface area contributed by atoms with E-state index in [0.717, 1.165) is 12.8 Å². The molecule has 3 aliphatic heterocycles. The number of nitrogens with zero attached hydrogens (tertiary/aromatic N) is 3. The molecular formula is C19H19N3O3. The number of fused-ring (bicyclic) bond motifs is 2. The third kappa shape index (κ3) is 2.60. The molecule has 3 amide bonds. The molecule has 0 radical (unpaired) electrons. The molecule has 3 saturated heterocycles. The molecule has 2 unspecified atom stereocenters. The maximum absolute atomic E-state index is 13.0. The fourth-order valence-electron chi connectivity index (χ4n) is 4.56. The van der Waals surface area contributed by atoms with E-state index in [0.29, 0.717) is 36.8 Å². The Morgan fingerprint density at radius 1 is 1.04 bits per heavy atom. The lowest BCUT2D eigenvalue weighted by Gasteiger charge is -2.41. The second kappa shape index (κ2) is 5.99. The molecule has 6 heteroatoms. The van der Waals surface area contributed by atoms with Gasteiger partial charge in [-0.1, -0.05) is 6.07 Å². The normalized spacial score (nSPS) is 28.4. The third-order valence-corrected chi connectivity index (χ3v) is 5.64. The van der Waals surface area contributed by atoms with Crippen LogP contribution in [0, 0.1) is 11.3 Å². The van der Waals surface area contributed by atoms with Crippen molar-refractivity contribution in [1.82, 2.24) is 9.80 Å². The van der Waals surface area contributed by atoms with E-state index < -0.39 is 0 Å². The van der Waals surface area contributed by atoms with Crippen LogP contribution in [0.1, 0.15) is 54.4 Å². The quantitative estimate of drug-likeness (QED) is 0.771. The van der Waals surface area contributed by atoms with Crippen molar-refractivity contribution in [3.63, 3.8) is 0 Å². The summed E-state index contributed by atoms with van der Waals surface area (Å²) >= 11 is 0. The van der Waals surface area contributed by atoms with Crippen molar-refractivity contribution in [2.24, 2.45) is 0 Å². The molecule has 1 aromatic rings. The van der Waals surface area contributed by atoms with E-state index in [-0.39, 0.29) is 35.8 Å². The highest BCUT2D eigenvalue weighted by molar-refractivity contribution is 6.02. The lowest BCUT2D eigenvalue weighted by atomic mass is 9.95.